The summed E-state index contributed by atoms with van der Waals surface area (Å²) in [5.74, 6) is 0.173. The molecule has 0 atom stereocenters. The number of oxazole rings is 1. The Hall–Kier alpha value is -1.32. The number of nitrogens with zero attached hydrogens (tertiary/aromatic N) is 1. The molecule has 1 saturated carbocycles. The number of hydrogen-bond acceptors (Lipinski definition) is 3. The Morgan fingerprint density at radius 3 is 2.65 bits per heavy atom. The average molecular weight is 237 g/mol. The normalized spacial score (nSPS) is 18.8. The zero-order valence-electron chi connectivity index (χ0n) is 10.4. The summed E-state index contributed by atoms with van der Waals surface area (Å²) in [6.45, 7) is 4.36. The summed E-state index contributed by atoms with van der Waals surface area (Å²) >= 11 is 0. The first-order valence-corrected chi connectivity index (χ1v) is 6.23. The predicted octanol–water partition coefficient (Wildman–Crippen LogP) is 3.23. The van der Waals surface area contributed by atoms with Gasteiger partial charge in [-0.25, -0.2) is 9.78 Å². The SMILES string of the molecule is CC(C)CC1(c2nc(C(=O)O)co2)CCCC1. The molecule has 4 nitrogen and oxygen atoms in total. The van der Waals surface area contributed by atoms with Gasteiger partial charge in [-0.15, -0.1) is 0 Å². The van der Waals surface area contributed by atoms with E-state index >= 15 is 0 Å². The minimum absolute atomic E-state index is 0.0232. The molecule has 0 saturated heterocycles. The second-order valence-corrected chi connectivity index (χ2v) is 5.43. The molecule has 1 aliphatic rings. The number of aromatic carboxylic acids is 1. The molecule has 0 radical (unpaired) electrons. The van der Waals surface area contributed by atoms with Crippen LogP contribution in [0.5, 0.6) is 0 Å². The van der Waals surface area contributed by atoms with Gasteiger partial charge in [0.15, 0.2) is 5.69 Å². The Morgan fingerprint density at radius 1 is 1.53 bits per heavy atom. The molecule has 1 aliphatic carbocycles. The maximum atomic E-state index is 10.8. The van der Waals surface area contributed by atoms with Crippen LogP contribution in [0.15, 0.2) is 10.7 Å². The zero-order valence-corrected chi connectivity index (χ0v) is 10.4. The van der Waals surface area contributed by atoms with Crippen LogP contribution in [0.4, 0.5) is 0 Å². The number of carbonyl (C=O) groups is 1. The van der Waals surface area contributed by atoms with Crippen molar-refractivity contribution in [1.82, 2.24) is 4.98 Å². The van der Waals surface area contributed by atoms with Crippen LogP contribution in [-0.2, 0) is 5.41 Å². The third kappa shape index (κ3) is 2.35. The molecule has 2 rings (SSSR count). The lowest BCUT2D eigenvalue weighted by Gasteiger charge is -2.27. The lowest BCUT2D eigenvalue weighted by molar-refractivity contribution is 0.0690. The highest BCUT2D eigenvalue weighted by molar-refractivity contribution is 5.84. The van der Waals surface area contributed by atoms with Gasteiger partial charge in [-0.3, -0.25) is 0 Å². The van der Waals surface area contributed by atoms with Crippen molar-refractivity contribution in [1.29, 1.82) is 0 Å². The van der Waals surface area contributed by atoms with Gasteiger partial charge >= 0.3 is 5.97 Å². The number of rotatable bonds is 4. The second-order valence-electron chi connectivity index (χ2n) is 5.43. The molecule has 1 N–H and O–H groups in total. The second kappa shape index (κ2) is 4.51. The van der Waals surface area contributed by atoms with Gasteiger partial charge in [0.1, 0.15) is 6.26 Å². The summed E-state index contributed by atoms with van der Waals surface area (Å²) in [5.41, 5.74) is -0.00275. The minimum Gasteiger partial charge on any atom is -0.476 e. The fourth-order valence-corrected chi connectivity index (χ4v) is 2.95. The quantitative estimate of drug-likeness (QED) is 0.873. The Balaban J connectivity index is 2.28. The van der Waals surface area contributed by atoms with E-state index in [2.05, 4.69) is 18.8 Å². The van der Waals surface area contributed by atoms with Crippen molar-refractivity contribution in [3.8, 4) is 0 Å². The van der Waals surface area contributed by atoms with Gasteiger partial charge in [0.25, 0.3) is 0 Å². The molecule has 0 spiro atoms. The summed E-state index contributed by atoms with van der Waals surface area (Å²) in [6.07, 6.45) is 6.76. The van der Waals surface area contributed by atoms with E-state index in [1.54, 1.807) is 0 Å². The van der Waals surface area contributed by atoms with Crippen LogP contribution in [-0.4, -0.2) is 16.1 Å². The maximum Gasteiger partial charge on any atom is 0.357 e. The molecule has 0 amide bonds. The molecule has 1 aromatic heterocycles. The number of carboxylic acids is 1. The fraction of sp³-hybridized carbons (Fsp3) is 0.692. The van der Waals surface area contributed by atoms with Crippen molar-refractivity contribution in [2.45, 2.75) is 51.4 Å². The van der Waals surface area contributed by atoms with Crippen molar-refractivity contribution in [3.05, 3.63) is 17.8 Å². The van der Waals surface area contributed by atoms with Crippen LogP contribution in [0, 0.1) is 5.92 Å². The molecule has 1 fully saturated rings. The smallest absolute Gasteiger partial charge is 0.357 e. The van der Waals surface area contributed by atoms with E-state index in [1.165, 1.54) is 19.1 Å². The third-order valence-electron chi connectivity index (χ3n) is 3.54. The van der Waals surface area contributed by atoms with E-state index in [4.69, 9.17) is 9.52 Å². The number of aromatic nitrogens is 1. The minimum atomic E-state index is -1.02. The van der Waals surface area contributed by atoms with Crippen molar-refractivity contribution in [2.75, 3.05) is 0 Å². The highest BCUT2D eigenvalue weighted by Gasteiger charge is 2.40. The Labute approximate surface area is 101 Å². The zero-order chi connectivity index (χ0) is 12.5. The topological polar surface area (TPSA) is 63.3 Å². The molecule has 1 aromatic rings. The summed E-state index contributed by atoms with van der Waals surface area (Å²) in [4.78, 5) is 15.0. The van der Waals surface area contributed by atoms with Crippen molar-refractivity contribution >= 4 is 5.97 Å². The van der Waals surface area contributed by atoms with E-state index in [-0.39, 0.29) is 11.1 Å². The van der Waals surface area contributed by atoms with Crippen molar-refractivity contribution in [3.63, 3.8) is 0 Å². The van der Waals surface area contributed by atoms with Crippen LogP contribution < -0.4 is 0 Å². The molecular formula is C13H19NO3. The fourth-order valence-electron chi connectivity index (χ4n) is 2.95. The molecule has 0 aromatic carbocycles. The summed E-state index contributed by atoms with van der Waals surface area (Å²) in [5, 5.41) is 8.88. The van der Waals surface area contributed by atoms with Gasteiger partial charge in [-0.2, -0.15) is 0 Å². The average Bonchev–Trinajstić information content (AvgIpc) is 2.83. The molecule has 4 heteroatoms. The Morgan fingerprint density at radius 2 is 2.18 bits per heavy atom. The number of hydrogen-bond donors (Lipinski definition) is 1. The monoisotopic (exact) mass is 237 g/mol. The summed E-state index contributed by atoms with van der Waals surface area (Å²) in [6, 6.07) is 0. The maximum absolute atomic E-state index is 10.8. The van der Waals surface area contributed by atoms with Gasteiger partial charge < -0.3 is 9.52 Å². The summed E-state index contributed by atoms with van der Waals surface area (Å²) < 4.78 is 5.42. The highest BCUT2D eigenvalue weighted by atomic mass is 16.4. The van der Waals surface area contributed by atoms with Gasteiger partial charge in [-0.1, -0.05) is 26.7 Å². The standard InChI is InChI=1S/C13H19NO3/c1-9(2)7-13(5-3-4-6-13)12-14-10(8-17-12)11(15)16/h8-9H,3-7H2,1-2H3,(H,15,16). The lowest BCUT2D eigenvalue weighted by Crippen LogP contribution is -2.25. The first-order valence-electron chi connectivity index (χ1n) is 6.23. The van der Waals surface area contributed by atoms with E-state index in [9.17, 15) is 4.79 Å². The van der Waals surface area contributed by atoms with E-state index in [0.29, 0.717) is 11.8 Å². The van der Waals surface area contributed by atoms with Crippen molar-refractivity contribution < 1.29 is 14.3 Å². The van der Waals surface area contributed by atoms with Gasteiger partial charge in [0.2, 0.25) is 5.89 Å². The van der Waals surface area contributed by atoms with Crippen LogP contribution in [0.1, 0.15) is 62.3 Å². The van der Waals surface area contributed by atoms with Gasteiger partial charge in [-0.05, 0) is 25.2 Å². The van der Waals surface area contributed by atoms with Gasteiger partial charge in [0.05, 0.1) is 0 Å². The lowest BCUT2D eigenvalue weighted by atomic mass is 9.78. The van der Waals surface area contributed by atoms with Crippen LogP contribution in [0.2, 0.25) is 0 Å². The molecule has 0 unspecified atom stereocenters. The van der Waals surface area contributed by atoms with E-state index in [0.717, 1.165) is 19.3 Å². The Kier molecular flexibility index (Phi) is 3.22. The van der Waals surface area contributed by atoms with Gasteiger partial charge in [0, 0.05) is 5.41 Å². The molecule has 0 bridgehead atoms. The third-order valence-corrected chi connectivity index (χ3v) is 3.54. The number of carboxylic acid groups (broad SMARTS) is 1. The highest BCUT2D eigenvalue weighted by Crippen LogP contribution is 2.45. The summed E-state index contributed by atoms with van der Waals surface area (Å²) in [7, 11) is 0. The first kappa shape index (κ1) is 12.1. The molecule has 94 valence electrons. The first-order chi connectivity index (χ1) is 8.03. The van der Waals surface area contributed by atoms with E-state index in [1.807, 2.05) is 0 Å². The van der Waals surface area contributed by atoms with Crippen molar-refractivity contribution in [2.24, 2.45) is 5.92 Å². The Bertz CT molecular complexity index is 403. The molecular weight excluding hydrogens is 218 g/mol. The largest absolute Gasteiger partial charge is 0.476 e. The van der Waals surface area contributed by atoms with E-state index < -0.39 is 5.97 Å². The molecule has 0 aliphatic heterocycles. The van der Waals surface area contributed by atoms with Crippen LogP contribution in [0.25, 0.3) is 0 Å². The molecule has 1 heterocycles. The molecule has 17 heavy (non-hydrogen) atoms. The predicted molar refractivity (Wildman–Crippen MR) is 63.1 cm³/mol. The van der Waals surface area contributed by atoms with Crippen LogP contribution in [0.3, 0.4) is 0 Å². The van der Waals surface area contributed by atoms with Crippen LogP contribution >= 0.6 is 0 Å².